The Hall–Kier alpha value is -3.45. The van der Waals surface area contributed by atoms with E-state index in [9.17, 15) is 4.79 Å². The molecule has 0 spiro atoms. The van der Waals surface area contributed by atoms with Gasteiger partial charge in [0.05, 0.1) is 29.2 Å². The largest absolute Gasteiger partial charge is 0.289 e. The molecular formula is C21H19ClN6O. The lowest BCUT2D eigenvalue weighted by atomic mass is 10.2. The van der Waals surface area contributed by atoms with E-state index in [0.717, 1.165) is 16.9 Å². The molecule has 0 unspecified atom stereocenters. The van der Waals surface area contributed by atoms with Gasteiger partial charge >= 0.3 is 0 Å². The third-order valence-corrected chi connectivity index (χ3v) is 4.75. The minimum absolute atomic E-state index is 0.239. The summed E-state index contributed by atoms with van der Waals surface area (Å²) < 4.78 is 3.41. The molecule has 29 heavy (non-hydrogen) atoms. The summed E-state index contributed by atoms with van der Waals surface area (Å²) in [7, 11) is 0. The number of para-hydroxylation sites is 1. The number of carbonyl (C=O) groups excluding carboxylic acids is 1. The van der Waals surface area contributed by atoms with E-state index < -0.39 is 0 Å². The Labute approximate surface area is 173 Å². The molecule has 1 amide bonds. The Balaban J connectivity index is 1.52. The van der Waals surface area contributed by atoms with Crippen LogP contribution in [0.2, 0.25) is 5.02 Å². The standard InChI is InChI=1S/C21H19ClN6O/c1-14-19(15(2)28(25-14)18-9-4-3-5-10-18)20(29)24-21-23-13-27(26-21)12-16-7-6-8-17(22)11-16/h3-11,13H,12H2,1-2H3,(H,24,26,29). The molecule has 0 bridgehead atoms. The summed E-state index contributed by atoms with van der Waals surface area (Å²) in [4.78, 5) is 17.0. The van der Waals surface area contributed by atoms with Crippen LogP contribution in [0.3, 0.4) is 0 Å². The van der Waals surface area contributed by atoms with Crippen molar-refractivity contribution in [2.45, 2.75) is 20.4 Å². The molecule has 0 fully saturated rings. The third kappa shape index (κ3) is 4.05. The van der Waals surface area contributed by atoms with Crippen molar-refractivity contribution >= 4 is 23.5 Å². The molecule has 4 aromatic rings. The molecule has 0 aliphatic carbocycles. The fourth-order valence-corrected chi connectivity index (χ4v) is 3.42. The van der Waals surface area contributed by atoms with Gasteiger partial charge in [0.2, 0.25) is 5.95 Å². The van der Waals surface area contributed by atoms with E-state index in [1.54, 1.807) is 15.7 Å². The molecule has 0 saturated heterocycles. The van der Waals surface area contributed by atoms with Crippen LogP contribution in [-0.2, 0) is 6.54 Å². The van der Waals surface area contributed by atoms with Gasteiger partial charge in [-0.1, -0.05) is 41.9 Å². The van der Waals surface area contributed by atoms with Gasteiger partial charge in [0.15, 0.2) is 0 Å². The van der Waals surface area contributed by atoms with Crippen molar-refractivity contribution in [1.82, 2.24) is 24.5 Å². The van der Waals surface area contributed by atoms with Gasteiger partial charge in [-0.2, -0.15) is 5.10 Å². The van der Waals surface area contributed by atoms with Crippen LogP contribution in [0.5, 0.6) is 0 Å². The zero-order valence-corrected chi connectivity index (χ0v) is 16.8. The molecule has 2 aromatic carbocycles. The average Bonchev–Trinajstić information content (AvgIpc) is 3.25. The number of aryl methyl sites for hydroxylation is 1. The number of nitrogens with one attached hydrogen (secondary N) is 1. The number of carbonyl (C=O) groups is 1. The number of nitrogens with zero attached hydrogens (tertiary/aromatic N) is 5. The fourth-order valence-electron chi connectivity index (χ4n) is 3.21. The quantitative estimate of drug-likeness (QED) is 0.542. The highest BCUT2D eigenvalue weighted by molar-refractivity contribution is 6.30. The first-order valence-electron chi connectivity index (χ1n) is 9.08. The van der Waals surface area contributed by atoms with Crippen LogP contribution in [0.25, 0.3) is 5.69 Å². The van der Waals surface area contributed by atoms with Crippen molar-refractivity contribution in [2.75, 3.05) is 5.32 Å². The topological polar surface area (TPSA) is 77.6 Å². The molecular weight excluding hydrogens is 388 g/mol. The predicted molar refractivity (Wildman–Crippen MR) is 112 cm³/mol. The average molecular weight is 407 g/mol. The summed E-state index contributed by atoms with van der Waals surface area (Å²) in [6.07, 6.45) is 1.57. The second-order valence-corrected chi connectivity index (χ2v) is 7.08. The van der Waals surface area contributed by atoms with Crippen molar-refractivity contribution in [3.05, 3.63) is 88.5 Å². The SMILES string of the molecule is Cc1nn(-c2ccccc2)c(C)c1C(=O)Nc1ncn(Cc2cccc(Cl)c2)n1. The van der Waals surface area contributed by atoms with Crippen LogP contribution in [0.15, 0.2) is 60.9 Å². The summed E-state index contributed by atoms with van der Waals surface area (Å²) >= 11 is 6.02. The molecule has 0 saturated carbocycles. The number of aromatic nitrogens is 5. The predicted octanol–water partition coefficient (Wildman–Crippen LogP) is 4.03. The molecule has 0 atom stereocenters. The molecule has 0 radical (unpaired) electrons. The van der Waals surface area contributed by atoms with Crippen molar-refractivity contribution in [2.24, 2.45) is 0 Å². The maximum absolute atomic E-state index is 12.8. The number of hydrogen-bond donors (Lipinski definition) is 1. The van der Waals surface area contributed by atoms with E-state index in [2.05, 4.69) is 20.5 Å². The summed E-state index contributed by atoms with van der Waals surface area (Å²) in [5.41, 5.74) is 3.80. The van der Waals surface area contributed by atoms with Gasteiger partial charge in [-0.3, -0.25) is 10.1 Å². The molecule has 0 aliphatic heterocycles. The lowest BCUT2D eigenvalue weighted by Crippen LogP contribution is -2.15. The summed E-state index contributed by atoms with van der Waals surface area (Å²) in [6, 6.07) is 17.2. The van der Waals surface area contributed by atoms with Gasteiger partial charge in [-0.05, 0) is 43.7 Å². The first-order chi connectivity index (χ1) is 14.0. The third-order valence-electron chi connectivity index (χ3n) is 4.51. The van der Waals surface area contributed by atoms with Gasteiger partial charge in [0, 0.05) is 5.02 Å². The molecule has 2 aromatic heterocycles. The van der Waals surface area contributed by atoms with E-state index in [0.29, 0.717) is 22.8 Å². The number of anilines is 1. The van der Waals surface area contributed by atoms with E-state index in [-0.39, 0.29) is 11.9 Å². The first-order valence-corrected chi connectivity index (χ1v) is 9.46. The highest BCUT2D eigenvalue weighted by atomic mass is 35.5. The summed E-state index contributed by atoms with van der Waals surface area (Å²) in [6.45, 7) is 4.19. The number of rotatable bonds is 5. The molecule has 2 heterocycles. The number of benzene rings is 2. The molecule has 8 heteroatoms. The Morgan fingerprint density at radius 1 is 1.07 bits per heavy atom. The van der Waals surface area contributed by atoms with Crippen LogP contribution >= 0.6 is 11.6 Å². The van der Waals surface area contributed by atoms with E-state index in [1.807, 2.05) is 68.4 Å². The van der Waals surface area contributed by atoms with Crippen LogP contribution in [-0.4, -0.2) is 30.5 Å². The maximum Gasteiger partial charge on any atom is 0.261 e. The Bertz CT molecular complexity index is 1170. The smallest absolute Gasteiger partial charge is 0.261 e. The second-order valence-electron chi connectivity index (χ2n) is 6.64. The molecule has 4 rings (SSSR count). The van der Waals surface area contributed by atoms with Crippen molar-refractivity contribution in [3.8, 4) is 5.69 Å². The summed E-state index contributed by atoms with van der Waals surface area (Å²) in [5, 5.41) is 12.3. The van der Waals surface area contributed by atoms with Crippen LogP contribution < -0.4 is 5.32 Å². The normalized spacial score (nSPS) is 10.9. The lowest BCUT2D eigenvalue weighted by molar-refractivity contribution is 0.102. The van der Waals surface area contributed by atoms with Crippen LogP contribution in [0.4, 0.5) is 5.95 Å². The van der Waals surface area contributed by atoms with Crippen molar-refractivity contribution in [1.29, 1.82) is 0 Å². The van der Waals surface area contributed by atoms with Gasteiger partial charge in [0.25, 0.3) is 5.91 Å². The first kappa shape index (κ1) is 18.9. The van der Waals surface area contributed by atoms with Crippen molar-refractivity contribution < 1.29 is 4.79 Å². The van der Waals surface area contributed by atoms with Crippen LogP contribution in [0.1, 0.15) is 27.3 Å². The van der Waals surface area contributed by atoms with Gasteiger partial charge in [-0.15, -0.1) is 5.10 Å². The monoisotopic (exact) mass is 406 g/mol. The number of amides is 1. The Morgan fingerprint density at radius 3 is 2.62 bits per heavy atom. The summed E-state index contributed by atoms with van der Waals surface area (Å²) in [5.74, 6) is -0.0500. The van der Waals surface area contributed by atoms with Crippen LogP contribution in [0, 0.1) is 13.8 Å². The van der Waals surface area contributed by atoms with Gasteiger partial charge < -0.3 is 0 Å². The lowest BCUT2D eigenvalue weighted by Gasteiger charge is -2.05. The maximum atomic E-state index is 12.8. The number of hydrogen-bond acceptors (Lipinski definition) is 4. The zero-order chi connectivity index (χ0) is 20.4. The van der Waals surface area contributed by atoms with E-state index >= 15 is 0 Å². The second kappa shape index (κ2) is 7.89. The highest BCUT2D eigenvalue weighted by Crippen LogP contribution is 2.19. The molecule has 7 nitrogen and oxygen atoms in total. The Kier molecular flexibility index (Phi) is 5.14. The minimum Gasteiger partial charge on any atom is -0.289 e. The zero-order valence-electron chi connectivity index (χ0n) is 16.0. The van der Waals surface area contributed by atoms with Crippen molar-refractivity contribution in [3.63, 3.8) is 0 Å². The van der Waals surface area contributed by atoms with Gasteiger partial charge in [-0.25, -0.2) is 14.3 Å². The Morgan fingerprint density at radius 2 is 1.86 bits per heavy atom. The molecule has 1 N–H and O–H groups in total. The molecule has 146 valence electrons. The minimum atomic E-state index is -0.289. The molecule has 0 aliphatic rings. The fraction of sp³-hybridized carbons (Fsp3) is 0.143. The number of halogens is 1. The van der Waals surface area contributed by atoms with E-state index in [4.69, 9.17) is 11.6 Å². The highest BCUT2D eigenvalue weighted by Gasteiger charge is 2.20. The van der Waals surface area contributed by atoms with E-state index in [1.165, 1.54) is 0 Å². The van der Waals surface area contributed by atoms with Gasteiger partial charge in [0.1, 0.15) is 6.33 Å².